The minimum Gasteiger partial charge on any atom is -0.467 e. The number of carbonyl (C=O) groups excluding carboxylic acids is 2. The van der Waals surface area contributed by atoms with E-state index in [1.54, 1.807) is 40.6 Å². The quantitative estimate of drug-likeness (QED) is 0.0611. The number of hydrogen-bond acceptors (Lipinski definition) is 20. The van der Waals surface area contributed by atoms with Crippen LogP contribution in [-0.4, -0.2) is 169 Å². The third-order valence-electron chi connectivity index (χ3n) is 15.1. The number of cyclic esters (lactones) is 2. The van der Waals surface area contributed by atoms with Crippen LogP contribution in [0.1, 0.15) is 138 Å². The van der Waals surface area contributed by atoms with Crippen molar-refractivity contribution in [2.75, 3.05) is 83.4 Å². The van der Waals surface area contributed by atoms with E-state index in [9.17, 15) is 9.59 Å². The molecule has 12 atom stereocenters. The summed E-state index contributed by atoms with van der Waals surface area (Å²) < 4.78 is 106. The fraction of sp³-hybridized carbons (Fsp3) is 0.541. The second-order valence-corrected chi connectivity index (χ2v) is 23.2. The summed E-state index contributed by atoms with van der Waals surface area (Å²) >= 11 is 0. The zero-order valence-electron chi connectivity index (χ0n) is 57.3. The van der Waals surface area contributed by atoms with Gasteiger partial charge in [-0.1, -0.05) is 145 Å². The molecule has 2 aromatic carbocycles. The van der Waals surface area contributed by atoms with Crippen molar-refractivity contribution in [3.05, 3.63) is 167 Å². The Balaban J connectivity index is 1.47. The second-order valence-electron chi connectivity index (χ2n) is 23.2. The molecule has 520 valence electrons. The number of methoxy groups -OCH3 is 6. The topological polar surface area (TPSA) is 200 Å². The van der Waals surface area contributed by atoms with E-state index in [0.29, 0.717) is 86.8 Å². The lowest BCUT2D eigenvalue weighted by Gasteiger charge is -2.33. The van der Waals surface area contributed by atoms with Crippen LogP contribution >= 0.6 is 0 Å². The number of benzene rings is 2. The zero-order chi connectivity index (χ0) is 67.7. The van der Waals surface area contributed by atoms with Gasteiger partial charge in [-0.3, -0.25) is 0 Å². The molecule has 20 nitrogen and oxygen atoms in total. The standard InChI is InChI=1S/C74H104O20/c1-53-27-19-15-13-17-21-29-59-31-23-37-69(87-51-81-11)71(59)73(75)94-68(42-56(4)84-48-78-8)44-62(86-50-80-10)34-26-36-64-46-66(92-58(6)90-64)40-54(2)28-20-16-14-18-22-30-60-32-24-38-70(88-52-82-12)72(60)74(76)93-67(41-55(3)83-47-77-7)43-61(85-49-79-9)33-25-35-63-45-65(39-53)91-57(5)89-63/h13-32,35-38,55-58,61-68H,33-34,39-52H2,1-12H3/b17-13+,18-14+,19-15+,20-16+,29-21+,30-22+,35-25+,36-26+,53-27+,54-28+/t55-,56-,57-,58-,61+,62+,63-,64-,65+,66+,67+,68+/m1/s1. The maximum Gasteiger partial charge on any atom is 0.342 e. The summed E-state index contributed by atoms with van der Waals surface area (Å²) in [5.41, 5.74) is 3.90. The number of fused-ring (bicyclic) bond motifs is 6. The molecule has 3 aliphatic rings. The molecule has 20 heteroatoms. The third kappa shape index (κ3) is 30.7. The highest BCUT2D eigenvalue weighted by Gasteiger charge is 2.31. The van der Waals surface area contributed by atoms with Gasteiger partial charge in [0.25, 0.3) is 0 Å². The van der Waals surface area contributed by atoms with Crippen molar-refractivity contribution in [1.29, 1.82) is 0 Å². The molecule has 0 N–H and O–H groups in total. The monoisotopic (exact) mass is 1310 g/mol. The molecular weight excluding hydrogens is 1210 g/mol. The van der Waals surface area contributed by atoms with Gasteiger partial charge in [0, 0.05) is 81.2 Å². The van der Waals surface area contributed by atoms with E-state index in [1.165, 1.54) is 14.2 Å². The van der Waals surface area contributed by atoms with Crippen LogP contribution in [0.15, 0.2) is 145 Å². The fourth-order valence-electron chi connectivity index (χ4n) is 10.8. The number of allylic oxidation sites excluding steroid dienone is 12. The van der Waals surface area contributed by atoms with E-state index in [0.717, 1.165) is 11.1 Å². The van der Waals surface area contributed by atoms with Crippen LogP contribution in [0, 0.1) is 0 Å². The first-order valence-electron chi connectivity index (χ1n) is 32.3. The highest BCUT2D eigenvalue weighted by Crippen LogP contribution is 2.32. The van der Waals surface area contributed by atoms with Crippen molar-refractivity contribution >= 4 is 24.1 Å². The fourth-order valence-corrected chi connectivity index (χ4v) is 10.8. The Morgan fingerprint density at radius 2 is 0.851 bits per heavy atom. The van der Waals surface area contributed by atoms with Crippen LogP contribution in [0.2, 0.25) is 0 Å². The molecule has 0 spiro atoms. The molecule has 2 fully saturated rings. The van der Waals surface area contributed by atoms with Crippen molar-refractivity contribution in [3.63, 3.8) is 0 Å². The maximum absolute atomic E-state index is 14.6. The van der Waals surface area contributed by atoms with E-state index in [4.69, 9.17) is 85.3 Å². The Hall–Kier alpha value is -6.18. The average Bonchev–Trinajstić information content (AvgIpc) is 0.853. The lowest BCUT2D eigenvalue weighted by atomic mass is 10.0. The van der Waals surface area contributed by atoms with E-state index in [2.05, 4.69) is 26.0 Å². The van der Waals surface area contributed by atoms with Crippen LogP contribution < -0.4 is 9.47 Å². The molecule has 0 amide bonds. The van der Waals surface area contributed by atoms with Gasteiger partial charge in [-0.15, -0.1) is 0 Å². The number of ether oxygens (including phenoxy) is 18. The highest BCUT2D eigenvalue weighted by molar-refractivity contribution is 5.97. The van der Waals surface area contributed by atoms with Gasteiger partial charge in [-0.2, -0.15) is 0 Å². The van der Waals surface area contributed by atoms with Crippen molar-refractivity contribution in [2.24, 2.45) is 0 Å². The summed E-state index contributed by atoms with van der Waals surface area (Å²) in [6.45, 7) is 11.8. The van der Waals surface area contributed by atoms with E-state index < -0.39 is 48.9 Å². The lowest BCUT2D eigenvalue weighted by molar-refractivity contribution is -0.222. The summed E-state index contributed by atoms with van der Waals surface area (Å²) in [7, 11) is 9.28. The second kappa shape index (κ2) is 46.1. The highest BCUT2D eigenvalue weighted by atomic mass is 16.7. The molecule has 3 heterocycles. The van der Waals surface area contributed by atoms with Gasteiger partial charge in [0.05, 0.1) is 48.8 Å². The first-order chi connectivity index (χ1) is 45.6. The van der Waals surface area contributed by atoms with E-state index in [-0.39, 0.29) is 88.5 Å². The molecule has 3 aliphatic heterocycles. The van der Waals surface area contributed by atoms with Crippen LogP contribution in [0.5, 0.6) is 11.5 Å². The SMILES string of the molecule is COCOc1cccc2c1C(=O)O[C@@H](C[C@@H](C)OCOC)C[C@@H](OCOC)C/C=C/[C@@H]1C[C@H](C/C(C)=C/C=C/C=C/C=C/c3cccc(OCOC)c3C(=O)O[C@@H](C[C@@H](C)OCOC)C[C@@H](OCOC)C/C=C/[C@@H]3C[C@H](C/C(C)=C/C=C/C=C/C=C/2)O[C@H](C)O3)O[C@H](C)O1. The largest absolute Gasteiger partial charge is 0.467 e. The van der Waals surface area contributed by atoms with Crippen molar-refractivity contribution < 1.29 is 94.9 Å². The van der Waals surface area contributed by atoms with Crippen molar-refractivity contribution in [3.8, 4) is 11.5 Å². The van der Waals surface area contributed by atoms with Gasteiger partial charge in [0.2, 0.25) is 0 Å². The number of carbonyl (C=O) groups is 2. The Kier molecular flexibility index (Phi) is 38.5. The minimum atomic E-state index is -0.659. The average molecular weight is 1310 g/mol. The Labute approximate surface area is 558 Å². The normalized spacial score (nSPS) is 29.0. The number of esters is 2. The van der Waals surface area contributed by atoms with Crippen LogP contribution in [0.4, 0.5) is 0 Å². The zero-order valence-corrected chi connectivity index (χ0v) is 57.3. The Bertz CT molecular complexity index is 2630. The van der Waals surface area contributed by atoms with Crippen LogP contribution in [-0.2, 0) is 75.8 Å². The lowest BCUT2D eigenvalue weighted by Crippen LogP contribution is -2.36. The van der Waals surface area contributed by atoms with Crippen LogP contribution in [0.3, 0.4) is 0 Å². The number of rotatable bonds is 22. The molecule has 4 bridgehead atoms. The molecule has 2 saturated heterocycles. The summed E-state index contributed by atoms with van der Waals surface area (Å²) in [6, 6.07) is 10.7. The van der Waals surface area contributed by atoms with Gasteiger partial charge in [-0.25, -0.2) is 9.59 Å². The molecule has 0 saturated carbocycles. The summed E-state index contributed by atoms with van der Waals surface area (Å²) in [5, 5.41) is 0. The van der Waals surface area contributed by atoms with Gasteiger partial charge in [-0.05, 0) is 90.5 Å². The van der Waals surface area contributed by atoms with E-state index in [1.807, 2.05) is 149 Å². The molecule has 0 unspecified atom stereocenters. The molecule has 2 aromatic rings. The number of hydrogen-bond donors (Lipinski definition) is 0. The van der Waals surface area contributed by atoms with Crippen LogP contribution in [0.25, 0.3) is 12.2 Å². The van der Waals surface area contributed by atoms with Crippen molar-refractivity contribution in [1.82, 2.24) is 0 Å². The van der Waals surface area contributed by atoms with Gasteiger partial charge < -0.3 is 85.3 Å². The molecular formula is C74H104O20. The predicted octanol–water partition coefficient (Wildman–Crippen LogP) is 13.8. The Morgan fingerprint density at radius 3 is 1.24 bits per heavy atom. The smallest absolute Gasteiger partial charge is 0.342 e. The Morgan fingerprint density at radius 1 is 0.468 bits per heavy atom. The first-order valence-corrected chi connectivity index (χ1v) is 32.3. The molecule has 94 heavy (non-hydrogen) atoms. The molecule has 0 aromatic heterocycles. The minimum absolute atomic E-state index is 0.0270. The summed E-state index contributed by atoms with van der Waals surface area (Å²) in [5.74, 6) is -0.546. The van der Waals surface area contributed by atoms with Gasteiger partial charge in [0.1, 0.15) is 62.0 Å². The summed E-state index contributed by atoms with van der Waals surface area (Å²) in [6.07, 6.45) is 35.6. The molecule has 0 radical (unpaired) electrons. The predicted molar refractivity (Wildman–Crippen MR) is 360 cm³/mol. The van der Waals surface area contributed by atoms with E-state index >= 15 is 0 Å². The summed E-state index contributed by atoms with van der Waals surface area (Å²) in [4.78, 5) is 29.1. The van der Waals surface area contributed by atoms with Gasteiger partial charge in [0.15, 0.2) is 26.2 Å². The molecule has 0 aliphatic carbocycles. The third-order valence-corrected chi connectivity index (χ3v) is 15.1. The molecule has 5 rings (SSSR count). The maximum atomic E-state index is 14.6. The van der Waals surface area contributed by atoms with Crippen molar-refractivity contribution in [2.45, 2.75) is 179 Å². The van der Waals surface area contributed by atoms with Gasteiger partial charge >= 0.3 is 11.9 Å². The first kappa shape index (κ1) is 78.5.